The van der Waals surface area contributed by atoms with E-state index in [2.05, 4.69) is 26.6 Å². The van der Waals surface area contributed by atoms with Crippen LogP contribution >= 0.6 is 0 Å². The zero-order chi connectivity index (χ0) is 52.7. The minimum atomic E-state index is -1.64. The molecule has 0 aliphatic rings. The van der Waals surface area contributed by atoms with Gasteiger partial charge in [-0.15, -0.1) is 0 Å². The minimum Gasteiger partial charge on any atom is -0.595 e. The highest BCUT2D eigenvalue weighted by atomic mass is 16.8. The van der Waals surface area contributed by atoms with Crippen LogP contribution in [-0.4, -0.2) is 128 Å². The fourth-order valence-electron chi connectivity index (χ4n) is 6.50. The van der Waals surface area contributed by atoms with Gasteiger partial charge in [-0.3, -0.25) is 38.4 Å². The number of carbonyl (C=O) groups excluding carboxylic acids is 10. The molecule has 2 aromatic rings. The topological polar surface area (TPSA) is 334 Å². The smallest absolute Gasteiger partial charge is 0.408 e. The van der Waals surface area contributed by atoms with Gasteiger partial charge in [0.05, 0.1) is 33.0 Å². The van der Waals surface area contributed by atoms with E-state index in [0.717, 1.165) is 0 Å². The maximum Gasteiger partial charge on any atom is 0.408 e. The van der Waals surface area contributed by atoms with Crippen LogP contribution in [0.25, 0.3) is 0 Å². The van der Waals surface area contributed by atoms with Crippen LogP contribution < -0.4 is 31.8 Å². The summed E-state index contributed by atoms with van der Waals surface area (Å²) in [4.78, 5) is 132. The van der Waals surface area contributed by atoms with E-state index in [4.69, 9.17) is 28.4 Å². The second kappa shape index (κ2) is 33.4. The zero-order valence-electron chi connectivity index (χ0n) is 40.6. The number of carbonyl (C=O) groups is 10. The van der Waals surface area contributed by atoms with Crippen LogP contribution in [-0.2, 0) is 84.6 Å². The Hall–Kier alpha value is -7.18. The predicted octanol–water partition coefficient (Wildman–Crippen LogP) is 0.803. The second-order valence-electron chi connectivity index (χ2n) is 15.3. The van der Waals surface area contributed by atoms with Crippen LogP contribution in [0, 0.1) is 5.21 Å². The average molecular weight is 1000 g/mol. The normalized spacial score (nSPS) is 13.2. The molecule has 0 saturated heterocycles. The molecule has 0 aromatic heterocycles. The van der Waals surface area contributed by atoms with Gasteiger partial charge in [0.2, 0.25) is 23.6 Å². The molecule has 0 fully saturated rings. The van der Waals surface area contributed by atoms with E-state index >= 15 is 0 Å². The van der Waals surface area contributed by atoms with E-state index < -0.39 is 121 Å². The van der Waals surface area contributed by atoms with Crippen LogP contribution in [0.2, 0.25) is 0 Å². The first-order valence-electron chi connectivity index (χ1n) is 23.2. The van der Waals surface area contributed by atoms with Gasteiger partial charge in [0, 0.05) is 44.2 Å². The van der Waals surface area contributed by atoms with Crippen molar-refractivity contribution in [3.05, 3.63) is 70.9 Å². The monoisotopic (exact) mass is 1000 g/mol. The highest BCUT2D eigenvalue weighted by Crippen LogP contribution is 2.13. The van der Waals surface area contributed by atoms with Crippen molar-refractivity contribution in [1.82, 2.24) is 26.6 Å². The summed E-state index contributed by atoms with van der Waals surface area (Å²) in [7, 11) is 0. The van der Waals surface area contributed by atoms with Gasteiger partial charge in [-0.05, 0) is 71.4 Å². The van der Waals surface area contributed by atoms with Crippen LogP contribution in [0.5, 0.6) is 0 Å². The lowest BCUT2D eigenvalue weighted by atomic mass is 10.0. The van der Waals surface area contributed by atoms with Gasteiger partial charge in [0.25, 0.3) is 0 Å². The summed E-state index contributed by atoms with van der Waals surface area (Å²) in [6, 6.07) is 5.99. The van der Waals surface area contributed by atoms with Crippen molar-refractivity contribution in [2.24, 2.45) is 0 Å². The fraction of sp³-hybridized carbons (Fsp3) is 0.532. The summed E-state index contributed by atoms with van der Waals surface area (Å²) in [5.41, 5.74) is 0.819. The largest absolute Gasteiger partial charge is 0.595 e. The Morgan fingerprint density at radius 3 is 1.24 bits per heavy atom. The maximum atomic E-state index is 14.4. The molecule has 0 heterocycles. The van der Waals surface area contributed by atoms with Crippen molar-refractivity contribution >= 4 is 65.3 Å². The molecule has 24 heteroatoms. The van der Waals surface area contributed by atoms with Crippen LogP contribution in [0.15, 0.2) is 54.6 Å². The molecule has 0 bridgehead atoms. The lowest BCUT2D eigenvalue weighted by Crippen LogP contribution is -2.99. The summed E-state index contributed by atoms with van der Waals surface area (Å²) in [6.07, 6.45) is -4.35. The lowest BCUT2D eigenvalue weighted by Gasteiger charge is -2.27. The number of esters is 5. The number of quaternary nitrogens is 1. The number of ether oxygens (including phenoxy) is 6. The van der Waals surface area contributed by atoms with Crippen molar-refractivity contribution < 1.29 is 86.8 Å². The molecule has 6 unspecified atom stereocenters. The van der Waals surface area contributed by atoms with E-state index in [1.807, 2.05) is 0 Å². The van der Waals surface area contributed by atoms with Crippen LogP contribution in [0.4, 0.5) is 10.5 Å². The van der Waals surface area contributed by atoms with Gasteiger partial charge in [0.15, 0.2) is 5.69 Å². The Bertz CT molecular complexity index is 2050. The third-order valence-corrected chi connectivity index (χ3v) is 10.0. The van der Waals surface area contributed by atoms with Crippen LogP contribution in [0.3, 0.4) is 0 Å². The molecule has 0 aliphatic carbocycles. The Morgan fingerprint density at radius 1 is 0.465 bits per heavy atom. The van der Waals surface area contributed by atoms with Gasteiger partial charge >= 0.3 is 35.9 Å². The molecule has 0 spiro atoms. The van der Waals surface area contributed by atoms with Gasteiger partial charge < -0.3 is 60.2 Å². The standard InChI is InChI=1S/C47H66N6O18/c1-6-66-38(54)24-20-33(42(58)50-36(46(62)70-10-5)23-27-41(57)69-9-4)49-45(61)37(28-30-16-18-32(19-17-30)53(64)65)51-43(59)34(21-25-39(55)67-7-2)48-44(60)35(22-26-40(56)68-8-3)52-47(63)71-29-31-14-12-11-13-15-31/h11-19,33-37,53,64H,6-10,20-29H2,1-5H3,(H,48,60)(H,49,61)(H,50,58)(H,51,59)(H,52,63). The highest BCUT2D eigenvalue weighted by molar-refractivity contribution is 5.96. The molecule has 0 saturated carbocycles. The third kappa shape index (κ3) is 23.8. The van der Waals surface area contributed by atoms with Crippen molar-refractivity contribution in [2.75, 3.05) is 33.0 Å². The summed E-state index contributed by atoms with van der Waals surface area (Å²) in [5, 5.41) is 32.2. The molecule has 0 radical (unpaired) electrons. The van der Waals surface area contributed by atoms with E-state index in [9.17, 15) is 58.4 Å². The van der Waals surface area contributed by atoms with Gasteiger partial charge in [0.1, 0.15) is 36.8 Å². The number of hydrogen-bond acceptors (Lipinski definition) is 18. The first-order valence-corrected chi connectivity index (χ1v) is 23.2. The fourth-order valence-corrected chi connectivity index (χ4v) is 6.50. The first kappa shape index (κ1) is 59.9. The molecule has 24 nitrogen and oxygen atoms in total. The number of amides is 5. The molecule has 2 aromatic carbocycles. The number of benzene rings is 2. The number of rotatable bonds is 32. The van der Waals surface area contributed by atoms with Crippen molar-refractivity contribution in [3.8, 4) is 0 Å². The predicted molar refractivity (Wildman–Crippen MR) is 247 cm³/mol. The molecule has 7 N–H and O–H groups in total. The molecular weight excluding hydrogens is 937 g/mol. The number of alkyl carbamates (subject to hydrolysis) is 1. The van der Waals surface area contributed by atoms with E-state index in [-0.39, 0.29) is 77.4 Å². The lowest BCUT2D eigenvalue weighted by molar-refractivity contribution is -0.991. The Balaban J connectivity index is 2.58. The quantitative estimate of drug-likeness (QED) is 0.0303. The molecule has 0 aliphatic heterocycles. The molecule has 6 atom stereocenters. The van der Waals surface area contributed by atoms with Crippen molar-refractivity contribution in [1.29, 1.82) is 0 Å². The van der Waals surface area contributed by atoms with E-state index in [1.54, 1.807) is 58.0 Å². The maximum absolute atomic E-state index is 14.4. The Morgan fingerprint density at radius 2 is 0.831 bits per heavy atom. The molecule has 392 valence electrons. The van der Waals surface area contributed by atoms with Gasteiger partial charge in [-0.2, -0.15) is 5.23 Å². The third-order valence-electron chi connectivity index (χ3n) is 10.0. The van der Waals surface area contributed by atoms with E-state index in [1.165, 1.54) is 31.2 Å². The molecule has 2 rings (SSSR count). The Labute approximate surface area is 411 Å². The minimum absolute atomic E-state index is 0.00988. The SMILES string of the molecule is CCOC(=O)CCC(NC(=O)OCc1ccccc1)C(=O)NC(CCC(=O)OCC)C(=O)NC(Cc1ccc([NH+]([O-])O)cc1)C(=O)NC(CCC(=O)OCC)C(=O)NC(CCC(=O)OCC)C(=O)OCC. The number of hydrogen-bond donors (Lipinski definition) is 7. The number of nitrogens with one attached hydrogen (secondary N) is 6. The highest BCUT2D eigenvalue weighted by Gasteiger charge is 2.34. The summed E-state index contributed by atoms with van der Waals surface area (Å²) >= 11 is 0. The van der Waals surface area contributed by atoms with Gasteiger partial charge in [-0.1, -0.05) is 42.5 Å². The second-order valence-corrected chi connectivity index (χ2v) is 15.3. The van der Waals surface area contributed by atoms with Gasteiger partial charge in [-0.25, -0.2) is 14.8 Å². The van der Waals surface area contributed by atoms with Crippen molar-refractivity contribution in [2.45, 2.75) is 129 Å². The van der Waals surface area contributed by atoms with Crippen LogP contribution in [0.1, 0.15) is 97.1 Å². The summed E-state index contributed by atoms with van der Waals surface area (Å²) in [5.74, 6) is -7.88. The Kier molecular flexibility index (Phi) is 28.2. The summed E-state index contributed by atoms with van der Waals surface area (Å²) < 4.78 is 30.4. The van der Waals surface area contributed by atoms with Crippen molar-refractivity contribution in [3.63, 3.8) is 0 Å². The van der Waals surface area contributed by atoms with E-state index in [0.29, 0.717) is 11.1 Å². The first-order chi connectivity index (χ1) is 33.9. The molecule has 71 heavy (non-hydrogen) atoms. The molecule has 5 amide bonds. The summed E-state index contributed by atoms with van der Waals surface area (Å²) in [6.45, 7) is 7.56. The average Bonchev–Trinajstić information content (AvgIpc) is 3.33. The zero-order valence-corrected chi connectivity index (χ0v) is 40.6. The molecular formula is C47H66N6O18.